The van der Waals surface area contributed by atoms with Gasteiger partial charge in [-0.25, -0.2) is 13.2 Å². The van der Waals surface area contributed by atoms with Crippen molar-refractivity contribution in [2.45, 2.75) is 6.92 Å². The zero-order valence-electron chi connectivity index (χ0n) is 16.3. The molecule has 0 aliphatic carbocycles. The highest BCUT2D eigenvalue weighted by Crippen LogP contribution is 2.49. The van der Waals surface area contributed by atoms with Crippen LogP contribution in [0, 0.1) is 24.4 Å². The summed E-state index contributed by atoms with van der Waals surface area (Å²) < 4.78 is 48.0. The number of benzene rings is 4. The van der Waals surface area contributed by atoms with Crippen molar-refractivity contribution in [2.24, 2.45) is 4.74 Å². The Bertz CT molecular complexity index is 1130. The molecule has 4 rings (SSSR count). The standard InChI is InChI=1S/C25H19F3NP/c1-18-11-13-22(14-12-18)29-30(23-8-2-5-19(26)15-23,24-9-3-6-20(27)16-24)25-10-4-7-21(28)17-25/h2-17H,1H3. The van der Waals surface area contributed by atoms with E-state index in [1.165, 1.54) is 36.4 Å². The van der Waals surface area contributed by atoms with Crippen LogP contribution in [0.4, 0.5) is 18.9 Å². The highest BCUT2D eigenvalue weighted by atomic mass is 31.2. The molecular formula is C25H19F3NP. The number of halogens is 3. The minimum atomic E-state index is -2.97. The van der Waals surface area contributed by atoms with Crippen molar-refractivity contribution in [2.75, 3.05) is 0 Å². The van der Waals surface area contributed by atoms with E-state index in [0.717, 1.165) is 5.56 Å². The summed E-state index contributed by atoms with van der Waals surface area (Å²) in [7, 11) is -2.97. The predicted molar refractivity (Wildman–Crippen MR) is 118 cm³/mol. The monoisotopic (exact) mass is 421 g/mol. The summed E-state index contributed by atoms with van der Waals surface area (Å²) in [6.45, 7) is 1.97. The van der Waals surface area contributed by atoms with Gasteiger partial charge in [-0.3, -0.25) is 4.74 Å². The predicted octanol–water partition coefficient (Wildman–Crippen LogP) is 6.22. The van der Waals surface area contributed by atoms with Crippen molar-refractivity contribution in [1.82, 2.24) is 0 Å². The Morgan fingerprint density at radius 1 is 0.567 bits per heavy atom. The second-order valence-electron chi connectivity index (χ2n) is 7.01. The van der Waals surface area contributed by atoms with E-state index in [9.17, 15) is 13.2 Å². The first-order valence-corrected chi connectivity index (χ1v) is 11.2. The number of hydrogen-bond donors (Lipinski definition) is 0. The molecule has 5 heteroatoms. The van der Waals surface area contributed by atoms with Gasteiger partial charge < -0.3 is 0 Å². The molecule has 0 atom stereocenters. The van der Waals surface area contributed by atoms with Gasteiger partial charge in [0.25, 0.3) is 0 Å². The highest BCUT2D eigenvalue weighted by Gasteiger charge is 2.29. The van der Waals surface area contributed by atoms with Gasteiger partial charge >= 0.3 is 0 Å². The van der Waals surface area contributed by atoms with Gasteiger partial charge in [0.05, 0.1) is 12.7 Å². The Morgan fingerprint density at radius 2 is 0.967 bits per heavy atom. The molecule has 0 radical (unpaired) electrons. The summed E-state index contributed by atoms with van der Waals surface area (Å²) in [6, 6.07) is 25.9. The van der Waals surface area contributed by atoms with Crippen molar-refractivity contribution < 1.29 is 13.2 Å². The third-order valence-corrected chi connectivity index (χ3v) is 8.45. The number of nitrogens with zero attached hydrogens (tertiary/aromatic N) is 1. The largest absolute Gasteiger partial charge is 0.254 e. The summed E-state index contributed by atoms with van der Waals surface area (Å²) in [5.41, 5.74) is 1.73. The minimum absolute atomic E-state index is 0.427. The van der Waals surface area contributed by atoms with Crippen molar-refractivity contribution in [1.29, 1.82) is 0 Å². The zero-order valence-corrected chi connectivity index (χ0v) is 17.2. The van der Waals surface area contributed by atoms with E-state index in [1.807, 2.05) is 31.2 Å². The highest BCUT2D eigenvalue weighted by molar-refractivity contribution is 7.87. The van der Waals surface area contributed by atoms with Crippen LogP contribution in [0.2, 0.25) is 0 Å². The van der Waals surface area contributed by atoms with Crippen molar-refractivity contribution in [3.63, 3.8) is 0 Å². The zero-order chi connectivity index (χ0) is 21.1. The first-order chi connectivity index (χ1) is 14.5. The first-order valence-electron chi connectivity index (χ1n) is 9.45. The van der Waals surface area contributed by atoms with Crippen LogP contribution in [0.1, 0.15) is 5.56 Å². The Morgan fingerprint density at radius 3 is 1.33 bits per heavy atom. The summed E-state index contributed by atoms with van der Waals surface area (Å²) in [4.78, 5) is 0. The first kappa shape index (κ1) is 20.2. The molecule has 0 amide bonds. The molecule has 4 aromatic rings. The lowest BCUT2D eigenvalue weighted by Gasteiger charge is -2.27. The van der Waals surface area contributed by atoms with Crippen molar-refractivity contribution in [3.05, 3.63) is 120 Å². The van der Waals surface area contributed by atoms with E-state index in [2.05, 4.69) is 0 Å². The average Bonchev–Trinajstić information content (AvgIpc) is 2.73. The third-order valence-electron chi connectivity index (χ3n) is 4.85. The molecule has 0 fully saturated rings. The van der Waals surface area contributed by atoms with E-state index in [-0.39, 0.29) is 0 Å². The van der Waals surface area contributed by atoms with Crippen LogP contribution in [0.25, 0.3) is 0 Å². The van der Waals surface area contributed by atoms with Crippen LogP contribution in [0.15, 0.2) is 102 Å². The Labute approximate surface area is 173 Å². The lowest BCUT2D eigenvalue weighted by atomic mass is 10.2. The number of rotatable bonds is 4. The normalized spacial score (nSPS) is 11.3. The van der Waals surface area contributed by atoms with E-state index < -0.39 is 24.5 Å². The second kappa shape index (κ2) is 8.33. The van der Waals surface area contributed by atoms with Gasteiger partial charge in [-0.1, -0.05) is 54.1 Å². The van der Waals surface area contributed by atoms with Gasteiger partial charge in [-0.15, -0.1) is 0 Å². The number of aryl methyl sites for hydroxylation is 1. The Balaban J connectivity index is 2.17. The van der Waals surface area contributed by atoms with Crippen LogP contribution < -0.4 is 15.9 Å². The van der Waals surface area contributed by atoms with E-state index in [4.69, 9.17) is 4.74 Å². The topological polar surface area (TPSA) is 12.4 Å². The van der Waals surface area contributed by atoms with Crippen LogP contribution in [0.3, 0.4) is 0 Å². The smallest absolute Gasteiger partial charge is 0.123 e. The van der Waals surface area contributed by atoms with Gasteiger partial charge in [-0.05, 0) is 55.5 Å². The van der Waals surface area contributed by atoms with Gasteiger partial charge in [-0.2, -0.15) is 0 Å². The molecule has 0 saturated heterocycles. The fourth-order valence-electron chi connectivity index (χ4n) is 3.44. The summed E-state index contributed by atoms with van der Waals surface area (Å²) in [6.07, 6.45) is 0. The molecule has 150 valence electrons. The molecule has 0 saturated carbocycles. The lowest BCUT2D eigenvalue weighted by Crippen LogP contribution is -2.26. The lowest BCUT2D eigenvalue weighted by molar-refractivity contribution is 0.629. The maximum absolute atomic E-state index is 14.3. The van der Waals surface area contributed by atoms with E-state index in [1.54, 1.807) is 36.4 Å². The quantitative estimate of drug-likeness (QED) is 0.347. The molecule has 0 aliphatic heterocycles. The molecule has 0 N–H and O–H groups in total. The minimum Gasteiger partial charge on any atom is -0.254 e. The van der Waals surface area contributed by atoms with Crippen LogP contribution in [0.5, 0.6) is 0 Å². The van der Waals surface area contributed by atoms with Gasteiger partial charge in [0.15, 0.2) is 0 Å². The van der Waals surface area contributed by atoms with Crippen LogP contribution in [-0.4, -0.2) is 0 Å². The van der Waals surface area contributed by atoms with Gasteiger partial charge in [0.2, 0.25) is 0 Å². The molecule has 4 aromatic carbocycles. The molecule has 1 nitrogen and oxygen atoms in total. The van der Waals surface area contributed by atoms with Gasteiger partial charge in [0, 0.05) is 15.9 Å². The van der Waals surface area contributed by atoms with E-state index >= 15 is 0 Å². The molecule has 0 spiro atoms. The van der Waals surface area contributed by atoms with Gasteiger partial charge in [0.1, 0.15) is 17.5 Å². The maximum Gasteiger partial charge on any atom is 0.123 e. The second-order valence-corrected chi connectivity index (χ2v) is 10.0. The number of hydrogen-bond acceptors (Lipinski definition) is 1. The Kier molecular flexibility index (Phi) is 5.61. The SMILES string of the molecule is Cc1ccc(N=P(c2cccc(F)c2)(c2cccc(F)c2)c2cccc(F)c2)cc1. The fourth-order valence-corrected chi connectivity index (χ4v) is 6.99. The molecule has 0 aromatic heterocycles. The van der Waals surface area contributed by atoms with E-state index in [0.29, 0.717) is 21.6 Å². The van der Waals surface area contributed by atoms with Crippen LogP contribution in [-0.2, 0) is 0 Å². The van der Waals surface area contributed by atoms with Crippen molar-refractivity contribution >= 4 is 28.7 Å². The molecule has 30 heavy (non-hydrogen) atoms. The maximum atomic E-state index is 14.3. The molecule has 0 bridgehead atoms. The van der Waals surface area contributed by atoms with Crippen molar-refractivity contribution in [3.8, 4) is 0 Å². The summed E-state index contributed by atoms with van der Waals surface area (Å²) in [5.74, 6) is -1.28. The third kappa shape index (κ3) is 3.96. The van der Waals surface area contributed by atoms with Crippen LogP contribution >= 0.6 is 7.05 Å². The molecular weight excluding hydrogens is 402 g/mol. The summed E-state index contributed by atoms with van der Waals surface area (Å²) in [5, 5.41) is 1.75. The summed E-state index contributed by atoms with van der Waals surface area (Å²) >= 11 is 0. The fraction of sp³-hybridized carbons (Fsp3) is 0.0400. The molecule has 0 aliphatic rings. The average molecular weight is 421 g/mol. The molecule has 0 unspecified atom stereocenters. The molecule has 0 heterocycles. The Hall–Kier alpha value is -3.10.